The van der Waals surface area contributed by atoms with E-state index in [9.17, 15) is 4.79 Å². The van der Waals surface area contributed by atoms with E-state index in [1.807, 2.05) is 43.3 Å². The van der Waals surface area contributed by atoms with Crippen molar-refractivity contribution in [2.24, 2.45) is 0 Å². The molecule has 0 aromatic heterocycles. The van der Waals surface area contributed by atoms with Gasteiger partial charge in [0.2, 0.25) is 0 Å². The molecule has 2 heteroatoms. The van der Waals surface area contributed by atoms with E-state index in [4.69, 9.17) is 0 Å². The molecule has 1 N–H and O–H groups in total. The molecule has 88 valence electrons. The maximum absolute atomic E-state index is 11.7. The highest BCUT2D eigenvalue weighted by atomic mass is 16.1. The summed E-state index contributed by atoms with van der Waals surface area (Å²) in [6, 6.07) is 16.1. The highest BCUT2D eigenvalue weighted by Crippen LogP contribution is 2.09. The molecule has 0 aliphatic carbocycles. The van der Waals surface area contributed by atoms with Crippen LogP contribution in [0.25, 0.3) is 11.6 Å². The lowest BCUT2D eigenvalue weighted by Crippen LogP contribution is -2.25. The molecular formula is C16H13NO. The summed E-state index contributed by atoms with van der Waals surface area (Å²) < 4.78 is 0. The molecule has 1 aliphatic rings. The van der Waals surface area contributed by atoms with Crippen LogP contribution in [0.15, 0.2) is 48.5 Å². The maximum Gasteiger partial charge on any atom is 0.252 e. The van der Waals surface area contributed by atoms with E-state index in [0.717, 1.165) is 27.3 Å². The Balaban J connectivity index is 2.31. The molecule has 0 unspecified atom stereocenters. The van der Waals surface area contributed by atoms with Gasteiger partial charge in [0.05, 0.1) is 0 Å². The van der Waals surface area contributed by atoms with E-state index >= 15 is 0 Å². The van der Waals surface area contributed by atoms with E-state index in [-0.39, 0.29) is 5.91 Å². The summed E-state index contributed by atoms with van der Waals surface area (Å²) in [4.78, 5) is 11.7. The zero-order valence-electron chi connectivity index (χ0n) is 10.1. The molecule has 0 bridgehead atoms. The van der Waals surface area contributed by atoms with Gasteiger partial charge >= 0.3 is 0 Å². The first-order valence-corrected chi connectivity index (χ1v) is 5.94. The number of hydrogen-bond acceptors (Lipinski definition) is 1. The fourth-order valence-corrected chi connectivity index (χ4v) is 2.27. The number of carbonyl (C=O) groups is 1. The van der Waals surface area contributed by atoms with E-state index in [1.165, 1.54) is 0 Å². The summed E-state index contributed by atoms with van der Waals surface area (Å²) >= 11 is 0. The molecule has 1 heterocycles. The highest BCUT2D eigenvalue weighted by Gasteiger charge is 2.15. The minimum absolute atomic E-state index is 0.00101. The first-order chi connectivity index (χ1) is 8.75. The molecule has 0 fully saturated rings. The minimum Gasteiger partial charge on any atom is -0.322 e. The maximum atomic E-state index is 11.7. The second kappa shape index (κ2) is 4.15. The summed E-state index contributed by atoms with van der Waals surface area (Å²) in [6.07, 6.45) is 2.10. The van der Waals surface area contributed by atoms with E-state index in [0.29, 0.717) is 0 Å². The van der Waals surface area contributed by atoms with Gasteiger partial charge in [0, 0.05) is 16.5 Å². The van der Waals surface area contributed by atoms with Crippen molar-refractivity contribution in [2.45, 2.75) is 6.92 Å². The van der Waals surface area contributed by atoms with Crippen LogP contribution in [0.5, 0.6) is 0 Å². The lowest BCUT2D eigenvalue weighted by molar-refractivity contribution is -0.111. The summed E-state index contributed by atoms with van der Waals surface area (Å²) in [5.41, 5.74) is 2.83. The third-order valence-electron chi connectivity index (χ3n) is 3.18. The van der Waals surface area contributed by atoms with Gasteiger partial charge in [-0.15, -0.1) is 0 Å². The number of anilines is 1. The standard InChI is InChI=1S/C16H13NO/c1-11-15-13(10-12-6-3-2-4-7-12)8-5-9-14(15)17-16(11)18/h2-10H,1H3,(H,17,18). The fraction of sp³-hybridized carbons (Fsp3) is 0.0625. The molecule has 0 atom stereocenters. The lowest BCUT2D eigenvalue weighted by atomic mass is 10.1. The van der Waals surface area contributed by atoms with Gasteiger partial charge in [-0.25, -0.2) is 0 Å². The van der Waals surface area contributed by atoms with Crippen LogP contribution in [0.4, 0.5) is 5.69 Å². The zero-order chi connectivity index (χ0) is 12.5. The Bertz CT molecular complexity index is 729. The molecule has 1 aliphatic heterocycles. The molecule has 3 rings (SSSR count). The molecule has 0 saturated carbocycles. The van der Waals surface area contributed by atoms with Crippen LogP contribution in [-0.4, -0.2) is 5.91 Å². The van der Waals surface area contributed by atoms with Crippen molar-refractivity contribution in [1.29, 1.82) is 0 Å². The molecule has 2 aromatic carbocycles. The quantitative estimate of drug-likeness (QED) is 0.800. The van der Waals surface area contributed by atoms with Gasteiger partial charge in [-0.1, -0.05) is 42.5 Å². The number of hydrogen-bond donors (Lipinski definition) is 1. The Morgan fingerprint density at radius 1 is 1.00 bits per heavy atom. The van der Waals surface area contributed by atoms with Crippen molar-refractivity contribution in [3.63, 3.8) is 0 Å². The summed E-state index contributed by atoms with van der Waals surface area (Å²) in [5.74, 6) is -0.00101. The minimum atomic E-state index is -0.00101. The predicted molar refractivity (Wildman–Crippen MR) is 73.4 cm³/mol. The number of nitrogens with one attached hydrogen (secondary N) is 1. The van der Waals surface area contributed by atoms with E-state index in [2.05, 4.69) is 23.5 Å². The van der Waals surface area contributed by atoms with Crippen LogP contribution < -0.4 is 15.8 Å². The second-order valence-corrected chi connectivity index (χ2v) is 4.40. The summed E-state index contributed by atoms with van der Waals surface area (Å²) in [5, 5.41) is 4.98. The third-order valence-corrected chi connectivity index (χ3v) is 3.18. The molecule has 2 aromatic rings. The second-order valence-electron chi connectivity index (χ2n) is 4.40. The molecule has 2 nitrogen and oxygen atoms in total. The molecule has 0 spiro atoms. The monoisotopic (exact) mass is 235 g/mol. The average Bonchev–Trinajstić information content (AvgIpc) is 2.67. The smallest absolute Gasteiger partial charge is 0.252 e. The van der Waals surface area contributed by atoms with Crippen LogP contribution in [0.1, 0.15) is 12.5 Å². The van der Waals surface area contributed by atoms with Crippen LogP contribution in [0.3, 0.4) is 0 Å². The Morgan fingerprint density at radius 2 is 1.78 bits per heavy atom. The van der Waals surface area contributed by atoms with E-state index in [1.54, 1.807) is 0 Å². The molecule has 1 amide bonds. The zero-order valence-corrected chi connectivity index (χ0v) is 10.1. The van der Waals surface area contributed by atoms with Crippen molar-refractivity contribution in [1.82, 2.24) is 0 Å². The Kier molecular flexibility index (Phi) is 2.49. The first-order valence-electron chi connectivity index (χ1n) is 5.94. The molecule has 0 saturated heterocycles. The first kappa shape index (κ1) is 10.8. The normalized spacial score (nSPS) is 14.6. The number of rotatable bonds is 1. The van der Waals surface area contributed by atoms with Gasteiger partial charge in [-0.05, 0) is 29.8 Å². The van der Waals surface area contributed by atoms with Crippen molar-refractivity contribution >= 4 is 23.2 Å². The van der Waals surface area contributed by atoms with Crippen LogP contribution in [0, 0.1) is 0 Å². The fourth-order valence-electron chi connectivity index (χ4n) is 2.27. The van der Waals surface area contributed by atoms with Crippen LogP contribution in [-0.2, 0) is 4.79 Å². The Labute approximate surface area is 105 Å². The SMILES string of the molecule is CC1=c2c(cccc2=Cc2ccccc2)NC1=O. The number of benzene rings is 2. The Hall–Kier alpha value is -2.35. The van der Waals surface area contributed by atoms with Crippen molar-refractivity contribution in [3.8, 4) is 0 Å². The van der Waals surface area contributed by atoms with Gasteiger partial charge in [-0.2, -0.15) is 0 Å². The van der Waals surface area contributed by atoms with Gasteiger partial charge in [0.25, 0.3) is 5.91 Å². The largest absolute Gasteiger partial charge is 0.322 e. The third kappa shape index (κ3) is 1.72. The van der Waals surface area contributed by atoms with Crippen molar-refractivity contribution in [2.75, 3.05) is 5.32 Å². The lowest BCUT2D eigenvalue weighted by Gasteiger charge is -1.96. The number of fused-ring (bicyclic) bond motifs is 1. The Morgan fingerprint density at radius 3 is 2.56 bits per heavy atom. The van der Waals surface area contributed by atoms with Crippen LogP contribution >= 0.6 is 0 Å². The topological polar surface area (TPSA) is 29.1 Å². The van der Waals surface area contributed by atoms with Gasteiger partial charge in [-0.3, -0.25) is 4.79 Å². The summed E-state index contributed by atoms with van der Waals surface area (Å²) in [7, 11) is 0. The van der Waals surface area contributed by atoms with Crippen LogP contribution in [0.2, 0.25) is 0 Å². The van der Waals surface area contributed by atoms with E-state index < -0.39 is 0 Å². The van der Waals surface area contributed by atoms with Gasteiger partial charge < -0.3 is 5.32 Å². The van der Waals surface area contributed by atoms with Crippen molar-refractivity contribution in [3.05, 3.63) is 64.5 Å². The van der Waals surface area contributed by atoms with Crippen molar-refractivity contribution < 1.29 is 4.79 Å². The molecule has 18 heavy (non-hydrogen) atoms. The van der Waals surface area contributed by atoms with Gasteiger partial charge in [0.15, 0.2) is 0 Å². The predicted octanol–water partition coefficient (Wildman–Crippen LogP) is 1.64. The number of carbonyl (C=O) groups excluding carboxylic acids is 1. The highest BCUT2D eigenvalue weighted by molar-refractivity contribution is 6.23. The summed E-state index contributed by atoms with van der Waals surface area (Å²) in [6.45, 7) is 1.86. The molecular weight excluding hydrogens is 222 g/mol. The number of amides is 1. The average molecular weight is 235 g/mol. The molecule has 0 radical (unpaired) electrons. The van der Waals surface area contributed by atoms with Gasteiger partial charge in [0.1, 0.15) is 0 Å².